The average molecular weight is 314 g/mol. The molecule has 0 aromatic carbocycles. The first kappa shape index (κ1) is 20.9. The average Bonchev–Trinajstić information content (AvgIpc) is 2.54. The number of allylic oxidation sites excluding steroid dienone is 11. The first-order valence-corrected chi connectivity index (χ1v) is 8.35. The Labute approximate surface area is 141 Å². The maximum Gasteiger partial charge on any atom is 0.331 e. The zero-order valence-corrected chi connectivity index (χ0v) is 14.4. The quantitative estimate of drug-likeness (QED) is 0.203. The molecular weight excluding hydrogens is 284 g/mol. The Bertz CT molecular complexity index is 474. The van der Waals surface area contributed by atoms with E-state index >= 15 is 0 Å². The zero-order chi connectivity index (χ0) is 17.2. The highest BCUT2D eigenvalue weighted by atomic mass is 16.4. The summed E-state index contributed by atoms with van der Waals surface area (Å²) in [6.45, 7) is 3.74. The van der Waals surface area contributed by atoms with Crippen LogP contribution in [0.1, 0.15) is 52.4 Å². The molecule has 0 bridgehead atoms. The van der Waals surface area contributed by atoms with Crippen LogP contribution in [-0.2, 0) is 4.79 Å². The van der Waals surface area contributed by atoms with Crippen molar-refractivity contribution < 1.29 is 9.90 Å². The fourth-order valence-electron chi connectivity index (χ4n) is 1.67. The molecule has 0 aliphatic rings. The van der Waals surface area contributed by atoms with Gasteiger partial charge in [0.05, 0.1) is 0 Å². The summed E-state index contributed by atoms with van der Waals surface area (Å²) in [5, 5.41) is 8.68. The van der Waals surface area contributed by atoms with Crippen molar-refractivity contribution in [3.8, 4) is 0 Å². The summed E-state index contributed by atoms with van der Waals surface area (Å²) in [5.41, 5.74) is 0.359. The number of hydrogen-bond acceptors (Lipinski definition) is 1. The van der Waals surface area contributed by atoms with E-state index in [1.165, 1.54) is 0 Å². The highest BCUT2D eigenvalue weighted by Crippen LogP contribution is 1.99. The first-order chi connectivity index (χ1) is 11.2. The Kier molecular flexibility index (Phi) is 14.8. The highest BCUT2D eigenvalue weighted by Gasteiger charge is 1.95. The monoisotopic (exact) mass is 314 g/mol. The lowest BCUT2D eigenvalue weighted by Gasteiger charge is -1.89. The van der Waals surface area contributed by atoms with Gasteiger partial charge in [-0.25, -0.2) is 4.79 Å². The van der Waals surface area contributed by atoms with Crippen molar-refractivity contribution in [3.63, 3.8) is 0 Å². The number of aliphatic carboxylic acids is 1. The molecule has 0 unspecified atom stereocenters. The van der Waals surface area contributed by atoms with Gasteiger partial charge in [-0.05, 0) is 45.4 Å². The standard InChI is InChI=1S/C21H30O2/c1-3-4-5-6-7-8-9-10-11-12-13-14-15-16-17-18-19-20(2)21(22)23/h4-5,7-8,10-11,13-14,17-19H,3,6,9,12,15-16H2,1-2H3,(H,22,23)/b5-4+,8-7+,11-10+,14-13+,18-17+,20-19+. The molecule has 23 heavy (non-hydrogen) atoms. The van der Waals surface area contributed by atoms with Gasteiger partial charge < -0.3 is 5.11 Å². The zero-order valence-electron chi connectivity index (χ0n) is 14.4. The highest BCUT2D eigenvalue weighted by molar-refractivity contribution is 5.86. The molecule has 1 N–H and O–H groups in total. The normalized spacial score (nSPS) is 13.6. The Morgan fingerprint density at radius 1 is 0.783 bits per heavy atom. The van der Waals surface area contributed by atoms with Gasteiger partial charge in [-0.3, -0.25) is 0 Å². The van der Waals surface area contributed by atoms with Gasteiger partial charge >= 0.3 is 5.97 Å². The SMILES string of the molecule is CC/C=C/C/C=C/C/C=C/C/C=C/CC/C=C/C=C(\C)C(=O)O. The minimum atomic E-state index is -0.867. The molecule has 0 aromatic rings. The summed E-state index contributed by atoms with van der Waals surface area (Å²) in [4.78, 5) is 10.6. The smallest absolute Gasteiger partial charge is 0.331 e. The van der Waals surface area contributed by atoms with Gasteiger partial charge in [-0.1, -0.05) is 73.8 Å². The van der Waals surface area contributed by atoms with Gasteiger partial charge in [0.1, 0.15) is 0 Å². The molecule has 0 fully saturated rings. The van der Waals surface area contributed by atoms with Crippen molar-refractivity contribution in [2.75, 3.05) is 0 Å². The molecule has 0 aliphatic heterocycles. The van der Waals surface area contributed by atoms with E-state index in [1.54, 1.807) is 19.1 Å². The molecular formula is C21H30O2. The maximum absolute atomic E-state index is 10.6. The molecule has 0 aromatic heterocycles. The van der Waals surface area contributed by atoms with Crippen molar-refractivity contribution in [1.82, 2.24) is 0 Å². The number of carbonyl (C=O) groups is 1. The largest absolute Gasteiger partial charge is 0.478 e. The van der Waals surface area contributed by atoms with Crippen molar-refractivity contribution in [2.24, 2.45) is 0 Å². The topological polar surface area (TPSA) is 37.3 Å². The Morgan fingerprint density at radius 2 is 1.26 bits per heavy atom. The van der Waals surface area contributed by atoms with E-state index in [0.29, 0.717) is 5.57 Å². The summed E-state index contributed by atoms with van der Waals surface area (Å²) in [5.74, 6) is -0.867. The fraction of sp³-hybridized carbons (Fsp3) is 0.381. The third kappa shape index (κ3) is 16.1. The van der Waals surface area contributed by atoms with Crippen molar-refractivity contribution in [2.45, 2.75) is 52.4 Å². The number of hydrogen-bond donors (Lipinski definition) is 1. The van der Waals surface area contributed by atoms with Crippen LogP contribution in [0, 0.1) is 0 Å². The van der Waals surface area contributed by atoms with Crippen molar-refractivity contribution >= 4 is 5.97 Å². The van der Waals surface area contributed by atoms with Crippen molar-refractivity contribution in [1.29, 1.82) is 0 Å². The van der Waals surface area contributed by atoms with E-state index in [2.05, 4.69) is 55.5 Å². The Morgan fingerprint density at radius 3 is 1.78 bits per heavy atom. The summed E-state index contributed by atoms with van der Waals surface area (Å²) < 4.78 is 0. The van der Waals surface area contributed by atoms with Crippen LogP contribution in [-0.4, -0.2) is 11.1 Å². The number of unbranched alkanes of at least 4 members (excludes halogenated alkanes) is 1. The third-order valence-corrected chi connectivity index (χ3v) is 3.04. The molecule has 0 aliphatic carbocycles. The molecule has 0 atom stereocenters. The molecule has 2 heteroatoms. The number of carboxylic acids is 1. The van der Waals surface area contributed by atoms with Gasteiger partial charge in [0, 0.05) is 5.57 Å². The second kappa shape index (κ2) is 16.3. The minimum absolute atomic E-state index is 0.359. The van der Waals surface area contributed by atoms with Gasteiger partial charge in [0.25, 0.3) is 0 Å². The third-order valence-electron chi connectivity index (χ3n) is 3.04. The maximum atomic E-state index is 10.6. The molecule has 0 amide bonds. The molecule has 126 valence electrons. The van der Waals surface area contributed by atoms with Crippen LogP contribution in [0.2, 0.25) is 0 Å². The van der Waals surface area contributed by atoms with E-state index in [-0.39, 0.29) is 0 Å². The van der Waals surface area contributed by atoms with E-state index in [0.717, 1.165) is 38.5 Å². The van der Waals surface area contributed by atoms with E-state index in [1.807, 2.05) is 6.08 Å². The lowest BCUT2D eigenvalue weighted by Crippen LogP contribution is -1.94. The lowest BCUT2D eigenvalue weighted by molar-refractivity contribution is -0.132. The fourth-order valence-corrected chi connectivity index (χ4v) is 1.67. The van der Waals surface area contributed by atoms with Crippen LogP contribution in [0.4, 0.5) is 0 Å². The molecule has 0 saturated heterocycles. The number of rotatable bonds is 12. The van der Waals surface area contributed by atoms with E-state index in [4.69, 9.17) is 5.11 Å². The molecule has 0 radical (unpaired) electrons. The Balaban J connectivity index is 3.62. The van der Waals surface area contributed by atoms with Crippen LogP contribution in [0.3, 0.4) is 0 Å². The number of carboxylic acid groups (broad SMARTS) is 1. The predicted octanol–water partition coefficient (Wildman–Crippen LogP) is 6.16. The summed E-state index contributed by atoms with van der Waals surface area (Å²) in [7, 11) is 0. The summed E-state index contributed by atoms with van der Waals surface area (Å²) >= 11 is 0. The van der Waals surface area contributed by atoms with Crippen LogP contribution < -0.4 is 0 Å². The van der Waals surface area contributed by atoms with Crippen molar-refractivity contribution in [3.05, 3.63) is 72.4 Å². The molecule has 0 rings (SSSR count). The van der Waals surface area contributed by atoms with Crippen LogP contribution in [0.5, 0.6) is 0 Å². The minimum Gasteiger partial charge on any atom is -0.478 e. The second-order valence-electron chi connectivity index (χ2n) is 5.16. The summed E-state index contributed by atoms with van der Waals surface area (Å²) in [6, 6.07) is 0. The van der Waals surface area contributed by atoms with E-state index in [9.17, 15) is 4.79 Å². The predicted molar refractivity (Wildman–Crippen MR) is 100 cm³/mol. The summed E-state index contributed by atoms with van der Waals surface area (Å²) in [6.07, 6.45) is 28.9. The first-order valence-electron chi connectivity index (χ1n) is 8.35. The Hall–Kier alpha value is -2.09. The van der Waals surface area contributed by atoms with Crippen LogP contribution in [0.25, 0.3) is 0 Å². The van der Waals surface area contributed by atoms with Gasteiger partial charge in [0.2, 0.25) is 0 Å². The molecule has 0 spiro atoms. The van der Waals surface area contributed by atoms with Crippen LogP contribution >= 0.6 is 0 Å². The molecule has 0 heterocycles. The van der Waals surface area contributed by atoms with Crippen LogP contribution in [0.15, 0.2) is 72.4 Å². The molecule has 0 saturated carbocycles. The second-order valence-corrected chi connectivity index (χ2v) is 5.16. The van der Waals surface area contributed by atoms with Gasteiger partial charge in [-0.2, -0.15) is 0 Å². The van der Waals surface area contributed by atoms with Gasteiger partial charge in [0.15, 0.2) is 0 Å². The van der Waals surface area contributed by atoms with Gasteiger partial charge in [-0.15, -0.1) is 0 Å². The molecule has 2 nitrogen and oxygen atoms in total. The lowest BCUT2D eigenvalue weighted by atomic mass is 10.2. The van der Waals surface area contributed by atoms with E-state index < -0.39 is 5.97 Å².